The third-order valence-electron chi connectivity index (χ3n) is 4.33. The number of phenolic OH excluding ortho intramolecular Hbond substituents is 1. The van der Waals surface area contributed by atoms with Gasteiger partial charge in [-0.15, -0.1) is 0 Å². The molecule has 0 atom stereocenters. The molecule has 2 aromatic heterocycles. The summed E-state index contributed by atoms with van der Waals surface area (Å²) in [5.41, 5.74) is 0.745. The van der Waals surface area contributed by atoms with Gasteiger partial charge in [0.05, 0.1) is 11.3 Å². The van der Waals surface area contributed by atoms with Crippen LogP contribution in [0.4, 0.5) is 4.39 Å². The maximum atomic E-state index is 13.4. The molecule has 2 heterocycles. The molecule has 0 amide bonds. The first-order chi connectivity index (χ1) is 15.0. The second-order valence-corrected chi connectivity index (χ2v) is 6.43. The molecule has 0 saturated heterocycles. The lowest BCUT2D eigenvalue weighted by Gasteiger charge is -2.09. The summed E-state index contributed by atoms with van der Waals surface area (Å²) in [6.45, 7) is 2.20. The number of rotatable bonds is 7. The largest absolute Gasteiger partial charge is 0.508 e. The van der Waals surface area contributed by atoms with E-state index >= 15 is 0 Å². The Balaban J connectivity index is 1.80. The summed E-state index contributed by atoms with van der Waals surface area (Å²) in [5, 5.41) is 9.62. The molecule has 158 valence electrons. The highest BCUT2D eigenvalue weighted by Gasteiger charge is 2.22. The van der Waals surface area contributed by atoms with E-state index in [4.69, 9.17) is 14.0 Å². The molecular formula is C22H18FN3O5. The van der Waals surface area contributed by atoms with E-state index in [1.165, 1.54) is 47.3 Å². The smallest absolute Gasteiger partial charge is 0.366 e. The number of aromatic hydroxyl groups is 1. The van der Waals surface area contributed by atoms with Crippen molar-refractivity contribution in [3.63, 3.8) is 0 Å². The molecule has 0 aliphatic carbocycles. The lowest BCUT2D eigenvalue weighted by Crippen LogP contribution is -2.04. The van der Waals surface area contributed by atoms with Crippen molar-refractivity contribution in [1.29, 1.82) is 0 Å². The number of hydrogen-bond donors (Lipinski definition) is 1. The molecule has 0 aliphatic heterocycles. The molecule has 0 bridgehead atoms. The van der Waals surface area contributed by atoms with Crippen molar-refractivity contribution in [3.8, 4) is 40.0 Å². The second kappa shape index (κ2) is 8.80. The molecule has 0 aliphatic rings. The Bertz CT molecular complexity index is 1250. The summed E-state index contributed by atoms with van der Waals surface area (Å²) >= 11 is 0. The standard InChI is InChI=1S/C22H18FN3O5/c1-2-29-13-26-20(19(21(28)31-26)14-6-8-15(23)9-7-14)18-10-11-24-22(25-18)30-17-5-3-4-16(27)12-17/h3-12,27H,2,13H2,1H3. The normalized spacial score (nSPS) is 10.9. The monoisotopic (exact) mass is 423 g/mol. The minimum absolute atomic E-state index is 0.00441. The van der Waals surface area contributed by atoms with Crippen LogP contribution in [0.25, 0.3) is 22.5 Å². The Labute approximate surface area is 176 Å². The molecule has 1 N–H and O–H groups in total. The van der Waals surface area contributed by atoms with Crippen molar-refractivity contribution >= 4 is 0 Å². The van der Waals surface area contributed by atoms with Crippen LogP contribution in [0.1, 0.15) is 6.92 Å². The highest BCUT2D eigenvalue weighted by molar-refractivity contribution is 5.78. The minimum Gasteiger partial charge on any atom is -0.508 e. The predicted molar refractivity (Wildman–Crippen MR) is 109 cm³/mol. The maximum Gasteiger partial charge on any atom is 0.366 e. The van der Waals surface area contributed by atoms with Gasteiger partial charge >= 0.3 is 11.6 Å². The Morgan fingerprint density at radius 3 is 2.71 bits per heavy atom. The van der Waals surface area contributed by atoms with Crippen LogP contribution in [-0.2, 0) is 11.5 Å². The van der Waals surface area contributed by atoms with Gasteiger partial charge in [-0.2, -0.15) is 9.72 Å². The molecule has 0 saturated carbocycles. The summed E-state index contributed by atoms with van der Waals surface area (Å²) in [6, 6.07) is 13.3. The van der Waals surface area contributed by atoms with Crippen molar-refractivity contribution in [3.05, 3.63) is 77.0 Å². The molecular weight excluding hydrogens is 405 g/mol. The van der Waals surface area contributed by atoms with Gasteiger partial charge in [-0.3, -0.25) is 0 Å². The first kappa shape index (κ1) is 20.3. The van der Waals surface area contributed by atoms with Crippen molar-refractivity contribution in [2.24, 2.45) is 0 Å². The highest BCUT2D eigenvalue weighted by Crippen LogP contribution is 2.31. The van der Waals surface area contributed by atoms with Gasteiger partial charge in [-0.05, 0) is 42.8 Å². The van der Waals surface area contributed by atoms with Gasteiger partial charge in [-0.1, -0.05) is 18.2 Å². The summed E-state index contributed by atoms with van der Waals surface area (Å²) in [5.74, 6) is -0.0466. The zero-order valence-electron chi connectivity index (χ0n) is 16.5. The van der Waals surface area contributed by atoms with E-state index < -0.39 is 11.4 Å². The van der Waals surface area contributed by atoms with Crippen LogP contribution in [0, 0.1) is 5.82 Å². The van der Waals surface area contributed by atoms with Gasteiger partial charge in [0.1, 0.15) is 23.0 Å². The van der Waals surface area contributed by atoms with Crippen LogP contribution in [0.5, 0.6) is 17.5 Å². The van der Waals surface area contributed by atoms with Gasteiger partial charge < -0.3 is 19.1 Å². The summed E-state index contributed by atoms with van der Waals surface area (Å²) < 4.78 is 31.1. The molecule has 9 heteroatoms. The zero-order valence-corrected chi connectivity index (χ0v) is 16.5. The molecule has 4 rings (SSSR count). The van der Waals surface area contributed by atoms with E-state index in [2.05, 4.69) is 9.97 Å². The van der Waals surface area contributed by atoms with Crippen LogP contribution in [0.2, 0.25) is 0 Å². The van der Waals surface area contributed by atoms with Crippen molar-refractivity contribution in [2.45, 2.75) is 13.7 Å². The van der Waals surface area contributed by atoms with Crippen LogP contribution in [-0.4, -0.2) is 26.4 Å². The first-order valence-corrected chi connectivity index (χ1v) is 9.43. The fourth-order valence-corrected chi connectivity index (χ4v) is 2.98. The average molecular weight is 423 g/mol. The second-order valence-electron chi connectivity index (χ2n) is 6.43. The SMILES string of the molecule is CCOCn1oc(=O)c(-c2ccc(F)cc2)c1-c1ccnc(Oc2cccc(O)c2)n1. The Kier molecular flexibility index (Phi) is 5.76. The van der Waals surface area contributed by atoms with Gasteiger partial charge in [0.15, 0.2) is 6.73 Å². The molecule has 2 aromatic carbocycles. The number of hydrogen-bond acceptors (Lipinski definition) is 7. The van der Waals surface area contributed by atoms with Crippen LogP contribution < -0.4 is 10.4 Å². The molecule has 8 nitrogen and oxygen atoms in total. The molecule has 0 unspecified atom stereocenters. The summed E-state index contributed by atoms with van der Waals surface area (Å²) in [7, 11) is 0. The van der Waals surface area contributed by atoms with Crippen molar-refractivity contribution in [2.75, 3.05) is 6.61 Å². The molecule has 0 radical (unpaired) electrons. The molecule has 31 heavy (non-hydrogen) atoms. The van der Waals surface area contributed by atoms with Gasteiger partial charge in [0.2, 0.25) is 0 Å². The summed E-state index contributed by atoms with van der Waals surface area (Å²) in [6.07, 6.45) is 1.47. The van der Waals surface area contributed by atoms with Crippen molar-refractivity contribution in [1.82, 2.24) is 14.7 Å². The first-order valence-electron chi connectivity index (χ1n) is 9.43. The Morgan fingerprint density at radius 2 is 1.97 bits per heavy atom. The summed E-state index contributed by atoms with van der Waals surface area (Å²) in [4.78, 5) is 21.1. The highest BCUT2D eigenvalue weighted by atomic mass is 19.1. The van der Waals surface area contributed by atoms with Gasteiger partial charge in [0.25, 0.3) is 0 Å². The predicted octanol–water partition coefficient (Wildman–Crippen LogP) is 4.20. The maximum absolute atomic E-state index is 13.4. The van der Waals surface area contributed by atoms with E-state index in [1.807, 2.05) is 6.92 Å². The van der Waals surface area contributed by atoms with Crippen LogP contribution >= 0.6 is 0 Å². The quantitative estimate of drug-likeness (QED) is 0.476. The third-order valence-corrected chi connectivity index (χ3v) is 4.33. The van der Waals surface area contributed by atoms with E-state index in [-0.39, 0.29) is 24.1 Å². The number of halogens is 1. The number of ether oxygens (including phenoxy) is 2. The van der Waals surface area contributed by atoms with E-state index in [0.717, 1.165) is 0 Å². The average Bonchev–Trinajstić information content (AvgIpc) is 3.09. The van der Waals surface area contributed by atoms with E-state index in [0.29, 0.717) is 29.3 Å². The Morgan fingerprint density at radius 1 is 1.16 bits per heavy atom. The minimum atomic E-state index is -0.615. The van der Waals surface area contributed by atoms with Crippen LogP contribution in [0.15, 0.2) is 70.1 Å². The van der Waals surface area contributed by atoms with Crippen molar-refractivity contribution < 1.29 is 23.5 Å². The zero-order chi connectivity index (χ0) is 21.8. The number of aromatic nitrogens is 3. The lowest BCUT2D eigenvalue weighted by atomic mass is 10.0. The van der Waals surface area contributed by atoms with E-state index in [1.54, 1.807) is 18.2 Å². The molecule has 0 spiro atoms. The topological polar surface area (TPSA) is 99.6 Å². The number of benzene rings is 2. The van der Waals surface area contributed by atoms with Gasteiger partial charge in [0, 0.05) is 18.9 Å². The fraction of sp³-hybridized carbons (Fsp3) is 0.136. The fourth-order valence-electron chi connectivity index (χ4n) is 2.98. The number of phenols is 1. The number of nitrogens with zero attached hydrogens (tertiary/aromatic N) is 3. The van der Waals surface area contributed by atoms with Gasteiger partial charge in [-0.25, -0.2) is 14.2 Å². The lowest BCUT2D eigenvalue weighted by molar-refractivity contribution is 0.0314. The third kappa shape index (κ3) is 4.46. The van der Waals surface area contributed by atoms with E-state index in [9.17, 15) is 14.3 Å². The van der Waals surface area contributed by atoms with Crippen LogP contribution in [0.3, 0.4) is 0 Å². The Hall–Kier alpha value is -3.98. The molecule has 0 fully saturated rings. The molecule has 4 aromatic rings.